The van der Waals surface area contributed by atoms with Gasteiger partial charge in [0.1, 0.15) is 11.9 Å². The van der Waals surface area contributed by atoms with E-state index in [-0.39, 0.29) is 18.8 Å². The van der Waals surface area contributed by atoms with Crippen LogP contribution in [0.2, 0.25) is 0 Å². The third-order valence-corrected chi connectivity index (χ3v) is 6.13. The van der Waals surface area contributed by atoms with Crippen LogP contribution in [0.1, 0.15) is 36.2 Å². The minimum absolute atomic E-state index is 0.111. The first-order chi connectivity index (χ1) is 18.1. The van der Waals surface area contributed by atoms with Crippen LogP contribution in [0.25, 0.3) is 11.1 Å². The van der Waals surface area contributed by atoms with Gasteiger partial charge in [0.25, 0.3) is 5.91 Å². The summed E-state index contributed by atoms with van der Waals surface area (Å²) in [6.45, 7) is 3.50. The summed E-state index contributed by atoms with van der Waals surface area (Å²) in [5, 5.41) is 15.2. The minimum Gasteiger partial charge on any atom is -0.481 e. The summed E-state index contributed by atoms with van der Waals surface area (Å²) in [5.74, 6) is -3.50. The summed E-state index contributed by atoms with van der Waals surface area (Å²) in [4.78, 5) is 38.2. The Bertz CT molecular complexity index is 1230. The van der Waals surface area contributed by atoms with Crippen LogP contribution in [0.4, 0.5) is 4.39 Å². The van der Waals surface area contributed by atoms with Crippen molar-refractivity contribution in [1.82, 2.24) is 10.6 Å². The molecule has 7 nitrogen and oxygen atoms in total. The average Bonchev–Trinajstić information content (AvgIpc) is 2.89. The van der Waals surface area contributed by atoms with E-state index >= 15 is 0 Å². The van der Waals surface area contributed by atoms with Crippen molar-refractivity contribution < 1.29 is 28.6 Å². The van der Waals surface area contributed by atoms with Gasteiger partial charge in [-0.15, -0.1) is 0 Å². The summed E-state index contributed by atoms with van der Waals surface area (Å²) in [6, 6.07) is 21.5. The summed E-state index contributed by atoms with van der Waals surface area (Å²) >= 11 is 0. The number of nitrogens with one attached hydrogen (secondary N) is 2. The molecule has 0 unspecified atom stereocenters. The largest absolute Gasteiger partial charge is 0.481 e. The standard InChI is InChI=1S/C30H33FN2O5/c1-30(2,18-20-9-15-25(31)16-10-20)33-28(35)26(17-24(19-38-3)29(36)37)32-27(34)23-13-11-22(12-14-23)21-7-5-4-6-8-21/h4-16,24,26H,17-19H2,1-3H3,(H,32,34)(H,33,35)(H,36,37)/t24-,26+/m1/s1. The number of amides is 2. The van der Waals surface area contributed by atoms with Crippen LogP contribution in [0.5, 0.6) is 0 Å². The number of carboxylic acid groups (broad SMARTS) is 1. The minimum atomic E-state index is -1.13. The Labute approximate surface area is 222 Å². The quantitative estimate of drug-likeness (QED) is 0.327. The molecule has 2 atom stereocenters. The fourth-order valence-electron chi connectivity index (χ4n) is 4.22. The van der Waals surface area contributed by atoms with Crippen LogP contribution >= 0.6 is 0 Å². The molecule has 0 saturated carbocycles. The molecule has 200 valence electrons. The first-order valence-electron chi connectivity index (χ1n) is 12.3. The summed E-state index contributed by atoms with van der Waals surface area (Å²) in [5.41, 5.74) is 2.34. The third-order valence-electron chi connectivity index (χ3n) is 6.13. The molecular weight excluding hydrogens is 487 g/mol. The first kappa shape index (κ1) is 28.5. The Morgan fingerprint density at radius 1 is 0.921 bits per heavy atom. The van der Waals surface area contributed by atoms with E-state index in [1.165, 1.54) is 19.2 Å². The number of hydrogen-bond acceptors (Lipinski definition) is 4. The number of aliphatic carboxylic acids is 1. The van der Waals surface area contributed by atoms with Crippen molar-refractivity contribution in [1.29, 1.82) is 0 Å². The van der Waals surface area contributed by atoms with Crippen molar-refractivity contribution in [3.05, 3.63) is 95.8 Å². The van der Waals surface area contributed by atoms with Crippen molar-refractivity contribution in [2.45, 2.75) is 38.3 Å². The van der Waals surface area contributed by atoms with Gasteiger partial charge < -0.3 is 20.5 Å². The number of carboxylic acids is 1. The normalized spacial score (nSPS) is 12.8. The maximum Gasteiger partial charge on any atom is 0.308 e. The molecule has 3 aromatic carbocycles. The van der Waals surface area contributed by atoms with Gasteiger partial charge in [0.2, 0.25) is 5.91 Å². The van der Waals surface area contributed by atoms with Crippen LogP contribution < -0.4 is 10.6 Å². The van der Waals surface area contributed by atoms with Gasteiger partial charge in [-0.3, -0.25) is 14.4 Å². The van der Waals surface area contributed by atoms with Gasteiger partial charge in [-0.25, -0.2) is 4.39 Å². The van der Waals surface area contributed by atoms with Crippen molar-refractivity contribution in [3.63, 3.8) is 0 Å². The van der Waals surface area contributed by atoms with Gasteiger partial charge in [0, 0.05) is 18.2 Å². The average molecular weight is 521 g/mol. The van der Waals surface area contributed by atoms with Crippen LogP contribution in [0, 0.1) is 11.7 Å². The molecule has 3 rings (SSSR count). The second-order valence-electron chi connectivity index (χ2n) is 9.87. The Balaban J connectivity index is 1.77. The molecule has 3 N–H and O–H groups in total. The molecule has 38 heavy (non-hydrogen) atoms. The Morgan fingerprint density at radius 3 is 2.11 bits per heavy atom. The van der Waals surface area contributed by atoms with Crippen LogP contribution in [0.15, 0.2) is 78.9 Å². The van der Waals surface area contributed by atoms with Gasteiger partial charge >= 0.3 is 5.97 Å². The zero-order valence-electron chi connectivity index (χ0n) is 21.7. The van der Waals surface area contributed by atoms with Crippen LogP contribution in [-0.2, 0) is 20.7 Å². The number of carbonyl (C=O) groups excluding carboxylic acids is 2. The van der Waals surface area contributed by atoms with Crippen molar-refractivity contribution >= 4 is 17.8 Å². The molecule has 0 aromatic heterocycles. The van der Waals surface area contributed by atoms with Crippen molar-refractivity contribution in [2.75, 3.05) is 13.7 Å². The SMILES string of the molecule is COC[C@@H](C[C@H](NC(=O)c1ccc(-c2ccccc2)cc1)C(=O)NC(C)(C)Cc1ccc(F)cc1)C(=O)O. The molecule has 0 fully saturated rings. The van der Waals surface area contributed by atoms with Crippen molar-refractivity contribution in [2.24, 2.45) is 5.92 Å². The topological polar surface area (TPSA) is 105 Å². The van der Waals surface area contributed by atoms with Gasteiger partial charge in [0.15, 0.2) is 0 Å². The van der Waals surface area contributed by atoms with E-state index in [9.17, 15) is 23.9 Å². The lowest BCUT2D eigenvalue weighted by Crippen LogP contribution is -2.55. The number of carbonyl (C=O) groups is 3. The molecular formula is C30H33FN2O5. The van der Waals surface area contributed by atoms with Gasteiger partial charge in [-0.2, -0.15) is 0 Å². The zero-order chi connectivity index (χ0) is 27.7. The van der Waals surface area contributed by atoms with Crippen LogP contribution in [-0.4, -0.2) is 48.2 Å². The Morgan fingerprint density at radius 2 is 1.53 bits per heavy atom. The molecule has 0 radical (unpaired) electrons. The summed E-state index contributed by atoms with van der Waals surface area (Å²) in [6.07, 6.45) is 0.247. The Hall–Kier alpha value is -4.04. The van der Waals surface area contributed by atoms with Gasteiger partial charge in [-0.05, 0) is 67.6 Å². The summed E-state index contributed by atoms with van der Waals surface area (Å²) < 4.78 is 18.3. The highest BCUT2D eigenvalue weighted by Crippen LogP contribution is 2.20. The second-order valence-corrected chi connectivity index (χ2v) is 9.87. The fraction of sp³-hybridized carbons (Fsp3) is 0.300. The lowest BCUT2D eigenvalue weighted by atomic mass is 9.93. The molecule has 3 aromatic rings. The third kappa shape index (κ3) is 8.24. The van der Waals surface area contributed by atoms with Crippen LogP contribution in [0.3, 0.4) is 0 Å². The molecule has 0 aliphatic heterocycles. The highest BCUT2D eigenvalue weighted by molar-refractivity contribution is 5.98. The number of methoxy groups -OCH3 is 1. The molecule has 8 heteroatoms. The first-order valence-corrected chi connectivity index (χ1v) is 12.3. The van der Waals surface area contributed by atoms with E-state index < -0.39 is 35.3 Å². The van der Waals surface area contributed by atoms with Gasteiger partial charge in [-0.1, -0.05) is 54.6 Å². The number of halogens is 1. The fourth-order valence-corrected chi connectivity index (χ4v) is 4.22. The maximum absolute atomic E-state index is 13.4. The molecule has 0 saturated heterocycles. The van der Waals surface area contributed by atoms with E-state index in [1.54, 1.807) is 38.1 Å². The number of benzene rings is 3. The predicted molar refractivity (Wildman–Crippen MR) is 143 cm³/mol. The van der Waals surface area contributed by atoms with E-state index in [2.05, 4.69) is 10.6 Å². The van der Waals surface area contributed by atoms with E-state index in [4.69, 9.17) is 4.74 Å². The molecule has 0 spiro atoms. The van der Waals surface area contributed by atoms with Gasteiger partial charge in [0.05, 0.1) is 12.5 Å². The number of rotatable bonds is 12. The number of ether oxygens (including phenoxy) is 1. The zero-order valence-corrected chi connectivity index (χ0v) is 21.7. The number of hydrogen-bond donors (Lipinski definition) is 3. The molecule has 0 aliphatic rings. The lowest BCUT2D eigenvalue weighted by Gasteiger charge is -2.30. The van der Waals surface area contributed by atoms with Crippen molar-refractivity contribution in [3.8, 4) is 11.1 Å². The van der Waals surface area contributed by atoms with E-state index in [0.717, 1.165) is 16.7 Å². The highest BCUT2D eigenvalue weighted by Gasteiger charge is 2.32. The highest BCUT2D eigenvalue weighted by atomic mass is 19.1. The Kier molecular flexibility index (Phi) is 9.73. The monoisotopic (exact) mass is 520 g/mol. The maximum atomic E-state index is 13.4. The molecule has 0 bridgehead atoms. The predicted octanol–water partition coefficient (Wildman–Crippen LogP) is 4.47. The summed E-state index contributed by atoms with van der Waals surface area (Å²) in [7, 11) is 1.38. The van der Waals surface area contributed by atoms with E-state index in [1.807, 2.05) is 42.5 Å². The second kappa shape index (κ2) is 13.0. The molecule has 2 amide bonds. The molecule has 0 heterocycles. The lowest BCUT2D eigenvalue weighted by molar-refractivity contribution is -0.144. The molecule has 0 aliphatic carbocycles. The van der Waals surface area contributed by atoms with E-state index in [0.29, 0.717) is 12.0 Å². The smallest absolute Gasteiger partial charge is 0.308 e.